The molecular formula is C33H64BS2Si6Sn. The summed E-state index contributed by atoms with van der Waals surface area (Å²) >= 11 is -1.72. The average molecular weight is 823 g/mol. The molecule has 1 radical (unpaired) electrons. The van der Waals surface area contributed by atoms with E-state index < -0.39 is 65.4 Å². The molecule has 1 fully saturated rings. The number of rotatable bonds is 11. The summed E-state index contributed by atoms with van der Waals surface area (Å²) in [5.41, 5.74) is 7.34. The van der Waals surface area contributed by atoms with Crippen molar-refractivity contribution in [2.75, 3.05) is 0 Å². The van der Waals surface area contributed by atoms with Crippen LogP contribution >= 0.6 is 17.6 Å². The molecule has 0 N–H and O–H groups in total. The SMILES string of the molecule is C[Si](C)(C)C(c1cc(C([Si](C)(C)C)[Si](C)(C)C)c(B2[S][Sn]([c]3ccccc3)[S]2)c(C([Si](C)(C)C)[Si](C)(C)C)c1)[Si](C)(C)C. The van der Waals surface area contributed by atoms with Crippen LogP contribution in [0.4, 0.5) is 0 Å². The van der Waals surface area contributed by atoms with Crippen LogP contribution < -0.4 is 9.04 Å². The molecule has 0 atom stereocenters. The normalized spacial score (nSPS) is 16.4. The monoisotopic (exact) mass is 823 g/mol. The summed E-state index contributed by atoms with van der Waals surface area (Å²) in [4.78, 5) is 0. The van der Waals surface area contributed by atoms with Crippen molar-refractivity contribution < 1.29 is 0 Å². The van der Waals surface area contributed by atoms with Gasteiger partial charge in [0.15, 0.2) is 0 Å². The third kappa shape index (κ3) is 9.26. The van der Waals surface area contributed by atoms with Crippen molar-refractivity contribution in [3.05, 3.63) is 59.2 Å². The van der Waals surface area contributed by atoms with Crippen molar-refractivity contribution in [2.24, 2.45) is 0 Å². The molecule has 2 aromatic rings. The van der Waals surface area contributed by atoms with E-state index >= 15 is 0 Å². The van der Waals surface area contributed by atoms with Gasteiger partial charge in [0.2, 0.25) is 0 Å². The molecule has 1 aliphatic heterocycles. The van der Waals surface area contributed by atoms with Gasteiger partial charge in [-0.15, -0.1) is 0 Å². The molecule has 0 unspecified atom stereocenters. The van der Waals surface area contributed by atoms with E-state index in [4.69, 9.17) is 0 Å². The van der Waals surface area contributed by atoms with Crippen molar-refractivity contribution >= 4 is 97.3 Å². The van der Waals surface area contributed by atoms with E-state index in [2.05, 4.69) is 178 Å². The summed E-state index contributed by atoms with van der Waals surface area (Å²) in [6, 6.07) is 17.4. The molecule has 1 aliphatic rings. The zero-order valence-electron chi connectivity index (χ0n) is 31.2. The molecule has 0 aliphatic carbocycles. The predicted molar refractivity (Wildman–Crippen MR) is 227 cm³/mol. The first-order valence-electron chi connectivity index (χ1n) is 16.6. The first kappa shape index (κ1) is 38.8. The summed E-state index contributed by atoms with van der Waals surface area (Å²) in [5.74, 6) is 0. The second-order valence-corrected chi connectivity index (χ2v) is 69.7. The molecule has 0 bridgehead atoms. The van der Waals surface area contributed by atoms with Crippen LogP contribution in [0.1, 0.15) is 32.2 Å². The number of hydrogen-bond donors (Lipinski definition) is 0. The van der Waals surface area contributed by atoms with Gasteiger partial charge in [-0.1, -0.05) is 0 Å². The zero-order chi connectivity index (χ0) is 33.1. The average Bonchev–Trinajstić information content (AvgIpc) is 2.69. The van der Waals surface area contributed by atoms with E-state index in [1.165, 1.54) is 0 Å². The quantitative estimate of drug-likeness (QED) is 0.207. The van der Waals surface area contributed by atoms with E-state index in [1.54, 1.807) is 9.14 Å². The van der Waals surface area contributed by atoms with E-state index in [0.717, 1.165) is 15.5 Å². The Balaban J connectivity index is 2.50. The van der Waals surface area contributed by atoms with Crippen molar-refractivity contribution in [2.45, 2.75) is 133 Å². The van der Waals surface area contributed by atoms with Crippen molar-refractivity contribution in [1.29, 1.82) is 0 Å². The molecule has 1 heterocycles. The molecule has 0 aromatic heterocycles. The molecule has 2 aromatic carbocycles. The van der Waals surface area contributed by atoms with Crippen molar-refractivity contribution in [3.8, 4) is 0 Å². The fourth-order valence-electron chi connectivity index (χ4n) is 9.43. The van der Waals surface area contributed by atoms with Gasteiger partial charge in [-0.25, -0.2) is 0 Å². The molecule has 0 spiro atoms. The van der Waals surface area contributed by atoms with Gasteiger partial charge in [0.25, 0.3) is 0 Å². The Labute approximate surface area is 287 Å². The molecule has 0 amide bonds. The van der Waals surface area contributed by atoms with Gasteiger partial charge in [-0.3, -0.25) is 0 Å². The van der Waals surface area contributed by atoms with E-state index in [9.17, 15) is 0 Å². The molecular weight excluding hydrogens is 759 g/mol. The van der Waals surface area contributed by atoms with Gasteiger partial charge in [0.05, 0.1) is 0 Å². The third-order valence-corrected chi connectivity index (χ3v) is 58.8. The Morgan fingerprint density at radius 1 is 0.488 bits per heavy atom. The summed E-state index contributed by atoms with van der Waals surface area (Å²) in [6.45, 7) is 48.4. The van der Waals surface area contributed by atoms with E-state index in [1.807, 2.05) is 16.6 Å². The van der Waals surface area contributed by atoms with Crippen LogP contribution in [0.2, 0.25) is 118 Å². The maximum absolute atomic E-state index is 2.90. The number of hydrogen-bond acceptors (Lipinski definition) is 2. The molecule has 1 saturated heterocycles. The summed E-state index contributed by atoms with van der Waals surface area (Å²) < 4.78 is 1.69. The first-order valence-corrected chi connectivity index (χ1v) is 48.2. The molecule has 43 heavy (non-hydrogen) atoms. The minimum atomic E-state index is -1.72. The van der Waals surface area contributed by atoms with Crippen molar-refractivity contribution in [3.63, 3.8) is 0 Å². The van der Waals surface area contributed by atoms with Gasteiger partial charge in [0.1, 0.15) is 0 Å². The maximum atomic E-state index is 2.90. The second-order valence-electron chi connectivity index (χ2n) is 19.8. The van der Waals surface area contributed by atoms with Crippen LogP contribution in [0.5, 0.6) is 0 Å². The molecule has 10 heteroatoms. The van der Waals surface area contributed by atoms with Gasteiger partial charge in [0, 0.05) is 0 Å². The van der Waals surface area contributed by atoms with Crippen LogP contribution in [0.25, 0.3) is 0 Å². The third-order valence-electron chi connectivity index (χ3n) is 9.09. The van der Waals surface area contributed by atoms with Crippen LogP contribution in [0.3, 0.4) is 0 Å². The fourth-order valence-corrected chi connectivity index (χ4v) is 65.9. The Morgan fingerprint density at radius 2 is 0.814 bits per heavy atom. The van der Waals surface area contributed by atoms with Crippen LogP contribution in [0, 0.1) is 0 Å². The second kappa shape index (κ2) is 13.3. The molecule has 0 nitrogen and oxygen atoms in total. The first-order chi connectivity index (χ1) is 19.1. The standard InChI is InChI=1S/C27H59BS2Si6.C6H5.Sn/c1-31(2,3)25(32(4,5)6)21-19-22(26(33(7,8)9)34(10,11)12)24(28(29)30)23(20-21)27(35(13,14)15)36(16,17)18;1-2-4-6-5-3-1;/h19-20,25-27H,1-18H3;1-5H;/q-2;;+2. The van der Waals surface area contributed by atoms with Gasteiger partial charge in [-0.05, 0) is 0 Å². The Hall–Kier alpha value is 1.30. The topological polar surface area (TPSA) is 0 Å². The fraction of sp³-hybridized carbons (Fsp3) is 0.636. The Kier molecular flexibility index (Phi) is 12.0. The summed E-state index contributed by atoms with van der Waals surface area (Å²) in [5, 5.41) is 2.99. The van der Waals surface area contributed by atoms with Crippen molar-refractivity contribution in [1.82, 2.24) is 0 Å². The predicted octanol–water partition coefficient (Wildman–Crippen LogP) is 10.8. The Morgan fingerprint density at radius 3 is 1.12 bits per heavy atom. The summed E-state index contributed by atoms with van der Waals surface area (Å²) in [7, 11) is -4.02. The molecule has 3 rings (SSSR count). The van der Waals surface area contributed by atoms with Gasteiger partial charge >= 0.3 is 290 Å². The number of benzene rings is 2. The summed E-state index contributed by atoms with van der Waals surface area (Å²) in [6.07, 6.45) is 0. The van der Waals surface area contributed by atoms with Crippen LogP contribution in [0.15, 0.2) is 42.5 Å². The minimum absolute atomic E-state index is 0.635. The molecule has 0 saturated carbocycles. The van der Waals surface area contributed by atoms with E-state index in [0.29, 0.717) is 5.27 Å². The Bertz CT molecular complexity index is 1160. The molecule has 239 valence electrons. The van der Waals surface area contributed by atoms with Gasteiger partial charge < -0.3 is 0 Å². The van der Waals surface area contributed by atoms with Crippen LogP contribution in [-0.4, -0.2) is 70.7 Å². The van der Waals surface area contributed by atoms with Crippen LogP contribution in [-0.2, 0) is 0 Å². The van der Waals surface area contributed by atoms with E-state index in [-0.39, 0.29) is 0 Å². The zero-order valence-corrected chi connectivity index (χ0v) is 41.7. The van der Waals surface area contributed by atoms with Gasteiger partial charge in [-0.2, -0.15) is 0 Å².